The Balaban J connectivity index is 2.35. The van der Waals surface area contributed by atoms with Crippen molar-refractivity contribution < 1.29 is 5.11 Å². The van der Waals surface area contributed by atoms with E-state index in [4.69, 9.17) is 0 Å². The highest BCUT2D eigenvalue weighted by Gasteiger charge is 2.53. The number of rotatable bonds is 1. The summed E-state index contributed by atoms with van der Waals surface area (Å²) in [5.74, 6) is 0. The maximum Gasteiger partial charge on any atom is 0.104 e. The maximum atomic E-state index is 10.3. The van der Waals surface area contributed by atoms with Gasteiger partial charge in [0.05, 0.1) is 0 Å². The maximum absolute atomic E-state index is 10.3. The zero-order valence-corrected chi connectivity index (χ0v) is 8.32. The van der Waals surface area contributed by atoms with E-state index in [0.717, 1.165) is 17.7 Å². The van der Waals surface area contributed by atoms with Crippen LogP contribution < -0.4 is 0 Å². The molecule has 66 valence electrons. The SMILES string of the molecule is CC1(C)CCC1(O)c1cccs1. The molecule has 1 aromatic rings. The fraction of sp³-hybridized carbons (Fsp3) is 0.600. The molecule has 1 aliphatic rings. The van der Waals surface area contributed by atoms with Crippen LogP contribution in [0.4, 0.5) is 0 Å². The molecule has 2 rings (SSSR count). The normalized spacial score (nSPS) is 32.9. The Morgan fingerprint density at radius 1 is 1.42 bits per heavy atom. The lowest BCUT2D eigenvalue weighted by atomic mass is 9.58. The molecule has 0 radical (unpaired) electrons. The molecule has 1 aromatic heterocycles. The molecule has 12 heavy (non-hydrogen) atoms. The van der Waals surface area contributed by atoms with Crippen molar-refractivity contribution >= 4 is 11.3 Å². The van der Waals surface area contributed by atoms with Gasteiger partial charge >= 0.3 is 0 Å². The average Bonchev–Trinajstić information content (AvgIpc) is 2.53. The van der Waals surface area contributed by atoms with Crippen LogP contribution in [-0.2, 0) is 5.60 Å². The van der Waals surface area contributed by atoms with Crippen molar-refractivity contribution in [1.82, 2.24) is 0 Å². The third-order valence-corrected chi connectivity index (χ3v) is 4.18. The van der Waals surface area contributed by atoms with Crippen LogP contribution in [0.15, 0.2) is 17.5 Å². The van der Waals surface area contributed by atoms with Gasteiger partial charge in [0.1, 0.15) is 5.60 Å². The van der Waals surface area contributed by atoms with Crippen LogP contribution in [-0.4, -0.2) is 5.11 Å². The number of aliphatic hydroxyl groups is 1. The molecule has 0 saturated heterocycles. The summed E-state index contributed by atoms with van der Waals surface area (Å²) in [5.41, 5.74) is -0.473. The van der Waals surface area contributed by atoms with E-state index in [9.17, 15) is 5.11 Å². The molecule has 0 amide bonds. The van der Waals surface area contributed by atoms with E-state index in [0.29, 0.717) is 0 Å². The van der Waals surface area contributed by atoms with Crippen LogP contribution in [0.25, 0.3) is 0 Å². The molecule has 0 aliphatic heterocycles. The topological polar surface area (TPSA) is 20.2 Å². The van der Waals surface area contributed by atoms with Gasteiger partial charge in [-0.25, -0.2) is 0 Å². The van der Waals surface area contributed by atoms with Crippen molar-refractivity contribution in [3.05, 3.63) is 22.4 Å². The smallest absolute Gasteiger partial charge is 0.104 e. The minimum Gasteiger partial charge on any atom is -0.384 e. The van der Waals surface area contributed by atoms with Crippen LogP contribution in [0.3, 0.4) is 0 Å². The van der Waals surface area contributed by atoms with Crippen LogP contribution >= 0.6 is 11.3 Å². The summed E-state index contributed by atoms with van der Waals surface area (Å²) in [4.78, 5) is 1.12. The fourth-order valence-corrected chi connectivity index (χ4v) is 2.87. The van der Waals surface area contributed by atoms with Crippen molar-refractivity contribution in [3.8, 4) is 0 Å². The molecule has 1 aliphatic carbocycles. The van der Waals surface area contributed by atoms with Crippen LogP contribution in [0.2, 0.25) is 0 Å². The zero-order chi connectivity index (χ0) is 8.82. The predicted octanol–water partition coefficient (Wildman–Crippen LogP) is 2.76. The van der Waals surface area contributed by atoms with Gasteiger partial charge in [0, 0.05) is 4.88 Å². The molecule has 1 N–H and O–H groups in total. The molecule has 0 spiro atoms. The summed E-state index contributed by atoms with van der Waals surface area (Å²) in [6.45, 7) is 4.27. The standard InChI is InChI=1S/C10H14OS/c1-9(2)5-6-10(9,11)8-4-3-7-12-8/h3-4,7,11H,5-6H2,1-2H3. The van der Waals surface area contributed by atoms with Crippen molar-refractivity contribution in [2.24, 2.45) is 5.41 Å². The molecular formula is C10H14OS. The molecule has 1 atom stereocenters. The summed E-state index contributed by atoms with van der Waals surface area (Å²) in [6.07, 6.45) is 2.04. The van der Waals surface area contributed by atoms with Crippen LogP contribution in [0.1, 0.15) is 31.6 Å². The summed E-state index contributed by atoms with van der Waals surface area (Å²) < 4.78 is 0. The Bertz CT molecular complexity index is 276. The molecule has 1 fully saturated rings. The molecule has 0 bridgehead atoms. The molecular weight excluding hydrogens is 168 g/mol. The first-order chi connectivity index (χ1) is 5.56. The second-order valence-electron chi connectivity index (χ2n) is 4.22. The molecule has 0 aromatic carbocycles. The highest BCUT2D eigenvalue weighted by atomic mass is 32.1. The lowest BCUT2D eigenvalue weighted by Gasteiger charge is -2.52. The number of hydrogen-bond acceptors (Lipinski definition) is 2. The zero-order valence-electron chi connectivity index (χ0n) is 7.50. The Kier molecular flexibility index (Phi) is 1.61. The lowest BCUT2D eigenvalue weighted by molar-refractivity contribution is -0.153. The van der Waals surface area contributed by atoms with Gasteiger partial charge in [-0.15, -0.1) is 11.3 Å². The Morgan fingerprint density at radius 3 is 2.50 bits per heavy atom. The highest BCUT2D eigenvalue weighted by molar-refractivity contribution is 7.10. The van der Waals surface area contributed by atoms with Gasteiger partial charge in [-0.3, -0.25) is 0 Å². The van der Waals surface area contributed by atoms with Gasteiger partial charge in [-0.1, -0.05) is 19.9 Å². The van der Waals surface area contributed by atoms with Gasteiger partial charge in [0.2, 0.25) is 0 Å². The minimum atomic E-state index is -0.541. The van der Waals surface area contributed by atoms with Crippen molar-refractivity contribution in [3.63, 3.8) is 0 Å². The van der Waals surface area contributed by atoms with Crippen LogP contribution in [0, 0.1) is 5.41 Å². The van der Waals surface area contributed by atoms with E-state index >= 15 is 0 Å². The molecule has 1 saturated carbocycles. The van der Waals surface area contributed by atoms with Crippen molar-refractivity contribution in [2.45, 2.75) is 32.3 Å². The van der Waals surface area contributed by atoms with Crippen molar-refractivity contribution in [1.29, 1.82) is 0 Å². The van der Waals surface area contributed by atoms with Gasteiger partial charge in [-0.2, -0.15) is 0 Å². The third kappa shape index (κ3) is 0.882. The summed E-state index contributed by atoms with van der Waals surface area (Å²) in [7, 11) is 0. The monoisotopic (exact) mass is 182 g/mol. The second kappa shape index (κ2) is 2.33. The van der Waals surface area contributed by atoms with Crippen LogP contribution in [0.5, 0.6) is 0 Å². The first-order valence-corrected chi connectivity index (χ1v) is 5.21. The molecule has 1 nitrogen and oxygen atoms in total. The van der Waals surface area contributed by atoms with E-state index in [2.05, 4.69) is 13.8 Å². The second-order valence-corrected chi connectivity index (χ2v) is 5.17. The van der Waals surface area contributed by atoms with E-state index in [1.54, 1.807) is 11.3 Å². The molecule has 1 unspecified atom stereocenters. The Labute approximate surface area is 77.0 Å². The van der Waals surface area contributed by atoms with E-state index in [1.165, 1.54) is 0 Å². The number of thiophene rings is 1. The van der Waals surface area contributed by atoms with E-state index in [1.807, 2.05) is 17.5 Å². The number of hydrogen-bond donors (Lipinski definition) is 1. The third-order valence-electron chi connectivity index (χ3n) is 3.16. The molecule has 2 heteroatoms. The van der Waals surface area contributed by atoms with Gasteiger partial charge in [0.25, 0.3) is 0 Å². The highest BCUT2D eigenvalue weighted by Crippen LogP contribution is 2.56. The first kappa shape index (κ1) is 8.27. The largest absolute Gasteiger partial charge is 0.384 e. The Hall–Kier alpha value is -0.340. The quantitative estimate of drug-likeness (QED) is 0.708. The first-order valence-electron chi connectivity index (χ1n) is 4.33. The van der Waals surface area contributed by atoms with Crippen molar-refractivity contribution in [2.75, 3.05) is 0 Å². The Morgan fingerprint density at radius 2 is 2.17 bits per heavy atom. The predicted molar refractivity (Wildman–Crippen MR) is 51.2 cm³/mol. The summed E-state index contributed by atoms with van der Waals surface area (Å²) in [5, 5.41) is 12.3. The summed E-state index contributed by atoms with van der Waals surface area (Å²) >= 11 is 1.66. The minimum absolute atomic E-state index is 0.0673. The van der Waals surface area contributed by atoms with Gasteiger partial charge < -0.3 is 5.11 Å². The van der Waals surface area contributed by atoms with Gasteiger partial charge in [-0.05, 0) is 29.7 Å². The lowest BCUT2D eigenvalue weighted by Crippen LogP contribution is -2.50. The van der Waals surface area contributed by atoms with E-state index in [-0.39, 0.29) is 5.41 Å². The average molecular weight is 182 g/mol. The van der Waals surface area contributed by atoms with Gasteiger partial charge in [0.15, 0.2) is 0 Å². The molecule has 1 heterocycles. The van der Waals surface area contributed by atoms with E-state index < -0.39 is 5.60 Å². The fourth-order valence-electron chi connectivity index (χ4n) is 1.83. The summed E-state index contributed by atoms with van der Waals surface area (Å²) in [6, 6.07) is 4.04.